The Morgan fingerprint density at radius 2 is 2.33 bits per heavy atom. The molecule has 1 fully saturated rings. The number of nitrogens with zero attached hydrogens (tertiary/aromatic N) is 1. The fraction of sp³-hybridized carbons (Fsp3) is 0.400. The van der Waals surface area contributed by atoms with E-state index in [1.807, 2.05) is 0 Å². The van der Waals surface area contributed by atoms with Gasteiger partial charge in [-0.1, -0.05) is 17.7 Å². The second kappa shape index (κ2) is 4.45. The summed E-state index contributed by atoms with van der Waals surface area (Å²) in [5.74, 6) is 5.31. The van der Waals surface area contributed by atoms with Crippen LogP contribution in [0.2, 0.25) is 5.02 Å². The van der Waals surface area contributed by atoms with E-state index in [0.717, 1.165) is 0 Å². The summed E-state index contributed by atoms with van der Waals surface area (Å²) in [7, 11) is 0. The molecular formula is C10H12ClFN2O. The second-order valence-electron chi connectivity index (χ2n) is 3.49. The van der Waals surface area contributed by atoms with Crippen LogP contribution in [0.25, 0.3) is 0 Å². The lowest BCUT2D eigenvalue weighted by molar-refractivity contribution is -0.0319. The van der Waals surface area contributed by atoms with E-state index in [1.54, 1.807) is 17.1 Å². The van der Waals surface area contributed by atoms with E-state index in [0.29, 0.717) is 30.3 Å². The second-order valence-corrected chi connectivity index (χ2v) is 3.90. The maximum Gasteiger partial charge on any atom is 0.130 e. The van der Waals surface area contributed by atoms with Gasteiger partial charge in [0.25, 0.3) is 0 Å². The third-order valence-corrected chi connectivity index (χ3v) is 2.75. The van der Waals surface area contributed by atoms with Crippen LogP contribution >= 0.6 is 11.6 Å². The number of hydrogen-bond acceptors (Lipinski definition) is 3. The lowest BCUT2D eigenvalue weighted by Crippen LogP contribution is -2.43. The van der Waals surface area contributed by atoms with Crippen molar-refractivity contribution in [2.45, 2.75) is 6.10 Å². The molecule has 1 aromatic carbocycles. The van der Waals surface area contributed by atoms with Crippen LogP contribution in [0.5, 0.6) is 0 Å². The van der Waals surface area contributed by atoms with Gasteiger partial charge in [-0.3, -0.25) is 5.84 Å². The molecule has 1 aliphatic rings. The normalized spacial score (nSPS) is 23.0. The van der Waals surface area contributed by atoms with Crippen molar-refractivity contribution in [3.8, 4) is 0 Å². The molecule has 82 valence electrons. The van der Waals surface area contributed by atoms with Gasteiger partial charge in [-0.25, -0.2) is 9.40 Å². The van der Waals surface area contributed by atoms with E-state index in [9.17, 15) is 4.39 Å². The van der Waals surface area contributed by atoms with E-state index in [4.69, 9.17) is 22.2 Å². The van der Waals surface area contributed by atoms with Gasteiger partial charge in [0, 0.05) is 23.7 Å². The van der Waals surface area contributed by atoms with Crippen molar-refractivity contribution in [2.75, 3.05) is 19.7 Å². The zero-order chi connectivity index (χ0) is 10.8. The lowest BCUT2D eigenvalue weighted by Gasteiger charge is -2.30. The summed E-state index contributed by atoms with van der Waals surface area (Å²) < 4.78 is 19.0. The summed E-state index contributed by atoms with van der Waals surface area (Å²) in [6.45, 7) is 1.61. The Morgan fingerprint density at radius 1 is 1.53 bits per heavy atom. The average molecular weight is 231 g/mol. The molecule has 15 heavy (non-hydrogen) atoms. The number of benzene rings is 1. The number of morpholine rings is 1. The molecule has 0 amide bonds. The third kappa shape index (κ3) is 2.29. The fourth-order valence-corrected chi connectivity index (χ4v) is 1.95. The number of hydrazine groups is 1. The summed E-state index contributed by atoms with van der Waals surface area (Å²) in [5.41, 5.74) is 0.398. The largest absolute Gasteiger partial charge is 0.371 e. The molecule has 3 nitrogen and oxygen atoms in total. The van der Waals surface area contributed by atoms with Crippen LogP contribution in [0.3, 0.4) is 0 Å². The minimum atomic E-state index is -0.377. The number of ether oxygens (including phenoxy) is 1. The van der Waals surface area contributed by atoms with Crippen molar-refractivity contribution in [3.05, 3.63) is 34.6 Å². The van der Waals surface area contributed by atoms with E-state index in [-0.39, 0.29) is 11.9 Å². The topological polar surface area (TPSA) is 38.5 Å². The summed E-state index contributed by atoms with van der Waals surface area (Å²) in [4.78, 5) is 0. The van der Waals surface area contributed by atoms with Gasteiger partial charge in [0.15, 0.2) is 0 Å². The number of hydrogen-bond donors (Lipinski definition) is 1. The Morgan fingerprint density at radius 3 is 3.00 bits per heavy atom. The summed E-state index contributed by atoms with van der Waals surface area (Å²) >= 11 is 5.93. The molecule has 1 atom stereocenters. The molecule has 5 heteroatoms. The van der Waals surface area contributed by atoms with Crippen molar-refractivity contribution in [3.63, 3.8) is 0 Å². The van der Waals surface area contributed by atoms with Gasteiger partial charge in [-0.2, -0.15) is 0 Å². The SMILES string of the molecule is NN1CCOC(c2c(F)cccc2Cl)C1. The van der Waals surface area contributed by atoms with Crippen LogP contribution in [0.15, 0.2) is 18.2 Å². The smallest absolute Gasteiger partial charge is 0.130 e. The van der Waals surface area contributed by atoms with Crippen LogP contribution in [0, 0.1) is 5.82 Å². The van der Waals surface area contributed by atoms with E-state index in [2.05, 4.69) is 0 Å². The number of rotatable bonds is 1. The lowest BCUT2D eigenvalue weighted by atomic mass is 10.1. The van der Waals surface area contributed by atoms with Crippen LogP contribution in [0.4, 0.5) is 4.39 Å². The molecule has 0 saturated carbocycles. The Hall–Kier alpha value is -0.680. The molecule has 0 spiro atoms. The zero-order valence-corrected chi connectivity index (χ0v) is 8.88. The first-order valence-electron chi connectivity index (χ1n) is 4.73. The van der Waals surface area contributed by atoms with Crippen molar-refractivity contribution < 1.29 is 9.13 Å². The minimum absolute atomic E-state index is 0.345. The first-order valence-corrected chi connectivity index (χ1v) is 5.11. The van der Waals surface area contributed by atoms with Gasteiger partial charge >= 0.3 is 0 Å². The highest BCUT2D eigenvalue weighted by atomic mass is 35.5. The van der Waals surface area contributed by atoms with Crippen LogP contribution < -0.4 is 5.84 Å². The van der Waals surface area contributed by atoms with Gasteiger partial charge in [0.2, 0.25) is 0 Å². The van der Waals surface area contributed by atoms with E-state index < -0.39 is 0 Å². The quantitative estimate of drug-likeness (QED) is 0.747. The molecule has 1 aliphatic heterocycles. The molecule has 1 unspecified atom stereocenters. The Balaban J connectivity index is 2.28. The highest BCUT2D eigenvalue weighted by Crippen LogP contribution is 2.29. The molecule has 0 aromatic heterocycles. The molecular weight excluding hydrogens is 219 g/mol. The van der Waals surface area contributed by atoms with Gasteiger partial charge in [-0.15, -0.1) is 0 Å². The summed E-state index contributed by atoms with van der Waals surface area (Å²) in [5, 5.41) is 1.99. The molecule has 0 aliphatic carbocycles. The molecule has 1 aromatic rings. The van der Waals surface area contributed by atoms with Gasteiger partial charge in [-0.05, 0) is 12.1 Å². The molecule has 0 bridgehead atoms. The van der Waals surface area contributed by atoms with Crippen LogP contribution in [-0.4, -0.2) is 24.7 Å². The van der Waals surface area contributed by atoms with Gasteiger partial charge in [0.05, 0.1) is 6.61 Å². The van der Waals surface area contributed by atoms with E-state index in [1.165, 1.54) is 6.07 Å². The highest BCUT2D eigenvalue weighted by Gasteiger charge is 2.24. The maximum absolute atomic E-state index is 13.5. The molecule has 2 N–H and O–H groups in total. The molecule has 1 saturated heterocycles. The van der Waals surface area contributed by atoms with Gasteiger partial charge in [0.1, 0.15) is 11.9 Å². The average Bonchev–Trinajstić information content (AvgIpc) is 2.17. The standard InChI is InChI=1S/C10H12ClFN2O/c11-7-2-1-3-8(12)10(7)9-6-14(13)4-5-15-9/h1-3,9H,4-6,13H2. The fourth-order valence-electron chi connectivity index (χ4n) is 1.66. The number of nitrogens with two attached hydrogens (primary N) is 1. The highest BCUT2D eigenvalue weighted by molar-refractivity contribution is 6.31. The maximum atomic E-state index is 13.5. The van der Waals surface area contributed by atoms with E-state index >= 15 is 0 Å². The Kier molecular flexibility index (Phi) is 3.21. The van der Waals surface area contributed by atoms with Crippen molar-refractivity contribution in [2.24, 2.45) is 5.84 Å². The predicted octanol–water partition coefficient (Wildman–Crippen LogP) is 1.73. The molecule has 0 radical (unpaired) electrons. The van der Waals surface area contributed by atoms with Crippen molar-refractivity contribution >= 4 is 11.6 Å². The molecule has 2 rings (SSSR count). The predicted molar refractivity (Wildman–Crippen MR) is 55.9 cm³/mol. The Labute approximate surface area is 92.5 Å². The third-order valence-electron chi connectivity index (χ3n) is 2.42. The zero-order valence-electron chi connectivity index (χ0n) is 8.12. The van der Waals surface area contributed by atoms with Crippen LogP contribution in [-0.2, 0) is 4.74 Å². The Bertz CT molecular complexity index is 341. The molecule has 1 heterocycles. The minimum Gasteiger partial charge on any atom is -0.371 e. The van der Waals surface area contributed by atoms with Crippen LogP contribution in [0.1, 0.15) is 11.7 Å². The van der Waals surface area contributed by atoms with Crippen molar-refractivity contribution in [1.82, 2.24) is 5.01 Å². The van der Waals surface area contributed by atoms with Crippen molar-refractivity contribution in [1.29, 1.82) is 0 Å². The first kappa shape index (κ1) is 10.8. The first-order chi connectivity index (χ1) is 7.18. The number of halogens is 2. The summed E-state index contributed by atoms with van der Waals surface area (Å²) in [6, 6.07) is 4.60. The summed E-state index contributed by atoms with van der Waals surface area (Å²) in [6.07, 6.45) is -0.377. The monoisotopic (exact) mass is 230 g/mol. The van der Waals surface area contributed by atoms with Gasteiger partial charge < -0.3 is 4.74 Å².